The summed E-state index contributed by atoms with van der Waals surface area (Å²) in [5, 5.41) is 18.9. The second-order valence-electron chi connectivity index (χ2n) is 5.71. The van der Waals surface area contributed by atoms with Crippen LogP contribution in [0.5, 0.6) is 5.75 Å². The van der Waals surface area contributed by atoms with Crippen molar-refractivity contribution in [3.05, 3.63) is 72.6 Å². The minimum Gasteiger partial charge on any atom is -0.491 e. The Morgan fingerprint density at radius 2 is 1.88 bits per heavy atom. The second-order valence-corrected chi connectivity index (χ2v) is 5.71. The molecule has 0 radical (unpaired) electrons. The van der Waals surface area contributed by atoms with E-state index in [2.05, 4.69) is 11.1 Å². The fourth-order valence-electron chi connectivity index (χ4n) is 2.57. The van der Waals surface area contributed by atoms with Crippen molar-refractivity contribution in [2.45, 2.75) is 19.1 Å². The maximum absolute atomic E-state index is 10.3. The van der Waals surface area contributed by atoms with Crippen LogP contribution in [0.15, 0.2) is 67.0 Å². The Balaban J connectivity index is 1.57. The van der Waals surface area contributed by atoms with Gasteiger partial charge in [0.05, 0.1) is 19.0 Å². The van der Waals surface area contributed by atoms with Gasteiger partial charge in [-0.25, -0.2) is 4.98 Å². The van der Waals surface area contributed by atoms with Crippen LogP contribution in [0.1, 0.15) is 5.56 Å². The molecular weight excluding hydrogens is 314 g/mol. The number of ether oxygens (including phenoxy) is 1. The van der Waals surface area contributed by atoms with Gasteiger partial charge in [0.2, 0.25) is 0 Å². The van der Waals surface area contributed by atoms with Crippen LogP contribution in [0.25, 0.3) is 11.4 Å². The summed E-state index contributed by atoms with van der Waals surface area (Å²) >= 11 is 0. The first kappa shape index (κ1) is 16.7. The molecule has 0 bridgehead atoms. The zero-order valence-corrected chi connectivity index (χ0v) is 13.7. The molecule has 1 heterocycles. The number of aromatic nitrogens is 2. The van der Waals surface area contributed by atoms with Crippen LogP contribution in [0, 0.1) is 11.3 Å². The highest BCUT2D eigenvalue weighted by Gasteiger charge is 2.11. The molecular formula is C20H19N3O2. The van der Waals surface area contributed by atoms with Gasteiger partial charge in [-0.1, -0.05) is 42.5 Å². The van der Waals surface area contributed by atoms with E-state index in [0.29, 0.717) is 18.7 Å². The molecule has 1 N–H and O–H groups in total. The summed E-state index contributed by atoms with van der Waals surface area (Å²) < 4.78 is 7.54. The lowest BCUT2D eigenvalue weighted by Gasteiger charge is -2.15. The van der Waals surface area contributed by atoms with Crippen molar-refractivity contribution in [2.75, 3.05) is 6.61 Å². The average Bonchev–Trinajstić information content (AvgIpc) is 3.10. The van der Waals surface area contributed by atoms with E-state index in [9.17, 15) is 5.11 Å². The number of benzene rings is 2. The van der Waals surface area contributed by atoms with Gasteiger partial charge in [-0.05, 0) is 17.7 Å². The molecule has 3 aromatic rings. The molecule has 5 heteroatoms. The van der Waals surface area contributed by atoms with E-state index in [1.165, 1.54) is 0 Å². The first-order valence-electron chi connectivity index (χ1n) is 8.09. The Morgan fingerprint density at radius 1 is 1.12 bits per heavy atom. The molecule has 0 spiro atoms. The van der Waals surface area contributed by atoms with Gasteiger partial charge in [0, 0.05) is 18.0 Å². The molecule has 0 aliphatic rings. The summed E-state index contributed by atoms with van der Waals surface area (Å²) in [6.07, 6.45) is 3.30. The lowest BCUT2D eigenvalue weighted by molar-refractivity contribution is 0.0928. The topological polar surface area (TPSA) is 71.1 Å². The molecule has 0 fully saturated rings. The first-order chi connectivity index (χ1) is 12.3. The molecule has 0 saturated heterocycles. The Kier molecular flexibility index (Phi) is 5.45. The molecule has 1 aromatic heterocycles. The second kappa shape index (κ2) is 8.13. The van der Waals surface area contributed by atoms with Crippen molar-refractivity contribution in [1.82, 2.24) is 9.55 Å². The van der Waals surface area contributed by atoms with Gasteiger partial charge in [-0.15, -0.1) is 0 Å². The predicted octanol–water partition coefficient (Wildman–Crippen LogP) is 3.06. The van der Waals surface area contributed by atoms with E-state index in [1.807, 2.05) is 65.4 Å². The molecule has 2 aromatic carbocycles. The van der Waals surface area contributed by atoms with Crippen LogP contribution in [-0.4, -0.2) is 27.4 Å². The molecule has 25 heavy (non-hydrogen) atoms. The van der Waals surface area contributed by atoms with Crippen molar-refractivity contribution < 1.29 is 9.84 Å². The van der Waals surface area contributed by atoms with Crippen LogP contribution < -0.4 is 4.74 Å². The van der Waals surface area contributed by atoms with Gasteiger partial charge in [-0.3, -0.25) is 0 Å². The third kappa shape index (κ3) is 4.46. The monoisotopic (exact) mass is 333 g/mol. The van der Waals surface area contributed by atoms with E-state index in [-0.39, 0.29) is 6.61 Å². The van der Waals surface area contributed by atoms with Crippen molar-refractivity contribution in [1.29, 1.82) is 5.26 Å². The largest absolute Gasteiger partial charge is 0.491 e. The number of nitrogens with zero attached hydrogens (tertiary/aromatic N) is 3. The Morgan fingerprint density at radius 3 is 2.60 bits per heavy atom. The summed E-state index contributed by atoms with van der Waals surface area (Å²) in [7, 11) is 0. The third-order valence-corrected chi connectivity index (χ3v) is 3.80. The molecule has 126 valence electrons. The standard InChI is InChI=1S/C20H19N3O2/c21-11-10-16-6-8-19(9-7-16)25-15-18(24)14-23-13-12-22-20(23)17-4-2-1-3-5-17/h1-9,12-13,18,24H,10,14-15H2. The molecule has 0 saturated carbocycles. The summed E-state index contributed by atoms with van der Waals surface area (Å²) in [6, 6.07) is 19.3. The minimum absolute atomic E-state index is 0.185. The highest BCUT2D eigenvalue weighted by Crippen LogP contribution is 2.17. The van der Waals surface area contributed by atoms with Gasteiger partial charge < -0.3 is 14.4 Å². The van der Waals surface area contributed by atoms with Crippen molar-refractivity contribution in [3.63, 3.8) is 0 Å². The smallest absolute Gasteiger partial charge is 0.139 e. The Hall–Kier alpha value is -3.10. The molecule has 1 unspecified atom stereocenters. The number of imidazole rings is 1. The van der Waals surface area contributed by atoms with Crippen molar-refractivity contribution in [2.24, 2.45) is 0 Å². The lowest BCUT2D eigenvalue weighted by Crippen LogP contribution is -2.23. The van der Waals surface area contributed by atoms with Gasteiger partial charge in [0.1, 0.15) is 24.3 Å². The van der Waals surface area contributed by atoms with Gasteiger partial charge in [0.25, 0.3) is 0 Å². The van der Waals surface area contributed by atoms with E-state index >= 15 is 0 Å². The number of hydrogen-bond acceptors (Lipinski definition) is 4. The summed E-state index contributed by atoms with van der Waals surface area (Å²) in [5.74, 6) is 1.50. The van der Waals surface area contributed by atoms with Crippen molar-refractivity contribution in [3.8, 4) is 23.2 Å². The Bertz CT molecular complexity index is 835. The zero-order chi connectivity index (χ0) is 17.5. The first-order valence-corrected chi connectivity index (χ1v) is 8.09. The summed E-state index contributed by atoms with van der Waals surface area (Å²) in [6.45, 7) is 0.584. The highest BCUT2D eigenvalue weighted by molar-refractivity contribution is 5.55. The van der Waals surface area contributed by atoms with E-state index in [0.717, 1.165) is 17.0 Å². The van der Waals surface area contributed by atoms with E-state index < -0.39 is 6.10 Å². The number of aliphatic hydroxyl groups is 1. The fraction of sp³-hybridized carbons (Fsp3) is 0.200. The van der Waals surface area contributed by atoms with Crippen LogP contribution >= 0.6 is 0 Å². The number of aliphatic hydroxyl groups excluding tert-OH is 1. The molecule has 0 amide bonds. The number of hydrogen-bond donors (Lipinski definition) is 1. The predicted molar refractivity (Wildman–Crippen MR) is 94.9 cm³/mol. The van der Waals surface area contributed by atoms with Crippen LogP contribution in [0.3, 0.4) is 0 Å². The van der Waals surface area contributed by atoms with Crippen LogP contribution in [-0.2, 0) is 13.0 Å². The highest BCUT2D eigenvalue weighted by atomic mass is 16.5. The summed E-state index contributed by atoms with van der Waals surface area (Å²) in [4.78, 5) is 4.37. The summed E-state index contributed by atoms with van der Waals surface area (Å²) in [5.41, 5.74) is 1.95. The molecule has 3 rings (SSSR count). The van der Waals surface area contributed by atoms with Gasteiger partial charge in [0.15, 0.2) is 0 Å². The molecule has 0 aliphatic carbocycles. The van der Waals surface area contributed by atoms with Gasteiger partial charge in [-0.2, -0.15) is 5.26 Å². The SMILES string of the molecule is N#CCc1ccc(OCC(O)Cn2ccnc2-c2ccccc2)cc1. The lowest BCUT2D eigenvalue weighted by atomic mass is 10.2. The third-order valence-electron chi connectivity index (χ3n) is 3.80. The molecule has 1 atom stereocenters. The quantitative estimate of drug-likeness (QED) is 0.721. The maximum atomic E-state index is 10.3. The van der Waals surface area contributed by atoms with E-state index in [4.69, 9.17) is 10.00 Å². The number of nitriles is 1. The molecule has 0 aliphatic heterocycles. The normalized spacial score (nSPS) is 11.7. The van der Waals surface area contributed by atoms with Crippen molar-refractivity contribution >= 4 is 0 Å². The Labute approximate surface area is 146 Å². The fourth-order valence-corrected chi connectivity index (χ4v) is 2.57. The number of rotatable bonds is 7. The van der Waals surface area contributed by atoms with Crippen LogP contribution in [0.2, 0.25) is 0 Å². The zero-order valence-electron chi connectivity index (χ0n) is 13.7. The maximum Gasteiger partial charge on any atom is 0.139 e. The van der Waals surface area contributed by atoms with E-state index in [1.54, 1.807) is 6.20 Å². The molecule has 5 nitrogen and oxygen atoms in total. The minimum atomic E-state index is -0.657. The van der Waals surface area contributed by atoms with Crippen LogP contribution in [0.4, 0.5) is 0 Å². The average molecular weight is 333 g/mol. The van der Waals surface area contributed by atoms with Gasteiger partial charge >= 0.3 is 0 Å².